The third kappa shape index (κ3) is 4.90. The third-order valence-corrected chi connectivity index (χ3v) is 8.02. The van der Waals surface area contributed by atoms with E-state index in [2.05, 4.69) is 0 Å². The number of nitrogens with one attached hydrogen (secondary N) is 1. The second kappa shape index (κ2) is 10.2. The molecule has 0 fully saturated rings. The standard InChI is InChI=1S/C33H29F3N2O5/c1-32(2)15-23-28(24(39)16-32)27(19-10-13-25-26(14-19)43-17-42-25)29(30(40)18-8-11-20(41-3)12-9-18)31(37)38(23)22-7-5-4-6-21(22)33(34,35)36/h4-14,27,37,40H,15-17H2,1-3H3/t27-/m0/s1. The summed E-state index contributed by atoms with van der Waals surface area (Å²) in [5.74, 6) is -0.463. The van der Waals surface area contributed by atoms with Crippen LogP contribution in [0.1, 0.15) is 49.3 Å². The number of anilines is 1. The first-order chi connectivity index (χ1) is 20.4. The highest BCUT2D eigenvalue weighted by atomic mass is 19.4. The van der Waals surface area contributed by atoms with Gasteiger partial charge in [0, 0.05) is 34.7 Å². The SMILES string of the molecule is COc1ccc(C(O)=C2C(=N)N(c3ccccc3C(F)(F)F)C3=C(C(=O)CC(C)(C)C3)[C@@H]2c2ccc3c(c2)OCO3)cc1. The summed E-state index contributed by atoms with van der Waals surface area (Å²) in [6, 6.07) is 16.5. The van der Waals surface area contributed by atoms with Crippen molar-refractivity contribution in [1.82, 2.24) is 0 Å². The fourth-order valence-electron chi connectivity index (χ4n) is 6.12. The number of Topliss-reactive ketones (excluding diaryl/α,β-unsaturated/α-hetero) is 1. The van der Waals surface area contributed by atoms with Crippen molar-refractivity contribution in [3.8, 4) is 17.2 Å². The summed E-state index contributed by atoms with van der Waals surface area (Å²) in [5.41, 5.74) is -0.447. The molecule has 0 radical (unpaired) electrons. The van der Waals surface area contributed by atoms with Gasteiger partial charge in [0.15, 0.2) is 17.3 Å². The molecule has 10 heteroatoms. The number of alkyl halides is 3. The van der Waals surface area contributed by atoms with Crippen molar-refractivity contribution in [2.75, 3.05) is 18.8 Å². The van der Waals surface area contributed by atoms with Crippen LogP contribution in [0.2, 0.25) is 0 Å². The minimum absolute atomic E-state index is 0.00665. The fourth-order valence-corrected chi connectivity index (χ4v) is 6.12. The van der Waals surface area contributed by atoms with Crippen LogP contribution in [0.25, 0.3) is 5.76 Å². The summed E-state index contributed by atoms with van der Waals surface area (Å²) in [6.07, 6.45) is -4.35. The van der Waals surface area contributed by atoms with E-state index in [9.17, 15) is 28.5 Å². The molecule has 2 aliphatic heterocycles. The molecule has 0 saturated heterocycles. The molecule has 6 rings (SSSR count). The Morgan fingerprint density at radius 1 is 1.02 bits per heavy atom. The number of benzene rings is 3. The normalized spacial score (nSPS) is 20.7. The van der Waals surface area contributed by atoms with Crippen LogP contribution in [-0.2, 0) is 11.0 Å². The number of hydrogen-bond acceptors (Lipinski definition) is 6. The van der Waals surface area contributed by atoms with Crippen LogP contribution < -0.4 is 19.1 Å². The van der Waals surface area contributed by atoms with Gasteiger partial charge in [-0.3, -0.25) is 15.1 Å². The van der Waals surface area contributed by atoms with Gasteiger partial charge < -0.3 is 19.3 Å². The van der Waals surface area contributed by atoms with Crippen molar-refractivity contribution in [3.05, 3.63) is 100 Å². The number of ketones is 1. The van der Waals surface area contributed by atoms with E-state index in [1.807, 2.05) is 13.8 Å². The first kappa shape index (κ1) is 28.4. The van der Waals surface area contributed by atoms with E-state index in [1.165, 1.54) is 30.2 Å². The molecule has 1 atom stereocenters. The van der Waals surface area contributed by atoms with E-state index in [0.717, 1.165) is 6.07 Å². The van der Waals surface area contributed by atoms with Gasteiger partial charge in [0.1, 0.15) is 17.3 Å². The number of methoxy groups -OCH3 is 1. The van der Waals surface area contributed by atoms with Gasteiger partial charge in [0.05, 0.1) is 18.4 Å². The number of carbonyl (C=O) groups is 1. The van der Waals surface area contributed by atoms with Crippen LogP contribution in [0, 0.1) is 10.8 Å². The van der Waals surface area contributed by atoms with Crippen LogP contribution in [-0.4, -0.2) is 30.6 Å². The Balaban J connectivity index is 1.68. The zero-order valence-electron chi connectivity index (χ0n) is 23.7. The van der Waals surface area contributed by atoms with Crippen molar-refractivity contribution in [2.24, 2.45) is 5.41 Å². The summed E-state index contributed by atoms with van der Waals surface area (Å²) >= 11 is 0. The molecule has 3 aromatic carbocycles. The molecule has 0 bridgehead atoms. The molecule has 0 spiro atoms. The number of carbonyl (C=O) groups excluding carboxylic acids is 1. The minimum Gasteiger partial charge on any atom is -0.507 e. The number of ether oxygens (including phenoxy) is 3. The maximum Gasteiger partial charge on any atom is 0.418 e. The lowest BCUT2D eigenvalue weighted by Crippen LogP contribution is -2.45. The van der Waals surface area contributed by atoms with Crippen molar-refractivity contribution in [1.29, 1.82) is 5.41 Å². The number of aliphatic hydroxyl groups excluding tert-OH is 1. The summed E-state index contributed by atoms with van der Waals surface area (Å²) in [5, 5.41) is 21.3. The Labute approximate surface area is 246 Å². The first-order valence-electron chi connectivity index (χ1n) is 13.7. The van der Waals surface area contributed by atoms with Crippen molar-refractivity contribution < 1.29 is 37.3 Å². The van der Waals surface area contributed by atoms with Gasteiger partial charge in [-0.2, -0.15) is 13.2 Å². The van der Waals surface area contributed by atoms with E-state index in [-0.39, 0.29) is 53.8 Å². The van der Waals surface area contributed by atoms with Gasteiger partial charge in [-0.25, -0.2) is 0 Å². The van der Waals surface area contributed by atoms with Gasteiger partial charge >= 0.3 is 6.18 Å². The average Bonchev–Trinajstić information content (AvgIpc) is 3.43. The number of hydrogen-bond donors (Lipinski definition) is 2. The van der Waals surface area contributed by atoms with Gasteiger partial charge in [-0.05, 0) is 65.9 Å². The lowest BCUT2D eigenvalue weighted by atomic mass is 9.67. The molecule has 222 valence electrons. The lowest BCUT2D eigenvalue weighted by molar-refractivity contribution is -0.137. The summed E-state index contributed by atoms with van der Waals surface area (Å²) in [6.45, 7) is 3.77. The lowest BCUT2D eigenvalue weighted by Gasteiger charge is -2.45. The van der Waals surface area contributed by atoms with Gasteiger partial charge in [-0.1, -0.05) is 32.0 Å². The molecule has 43 heavy (non-hydrogen) atoms. The maximum atomic E-state index is 14.4. The third-order valence-electron chi connectivity index (χ3n) is 8.02. The van der Waals surface area contributed by atoms with E-state index in [1.54, 1.807) is 42.5 Å². The number of allylic oxidation sites excluding steroid dienone is 2. The molecular formula is C33H29F3N2O5. The molecule has 2 N–H and O–H groups in total. The molecule has 3 aromatic rings. The molecule has 3 aliphatic rings. The van der Waals surface area contributed by atoms with Crippen LogP contribution in [0.5, 0.6) is 17.2 Å². The second-order valence-corrected chi connectivity index (χ2v) is 11.5. The average molecular weight is 591 g/mol. The monoisotopic (exact) mass is 590 g/mol. The molecular weight excluding hydrogens is 561 g/mol. The summed E-state index contributed by atoms with van der Waals surface area (Å²) < 4.78 is 59.4. The molecule has 1 aliphatic carbocycles. The summed E-state index contributed by atoms with van der Waals surface area (Å²) in [4.78, 5) is 15.3. The highest BCUT2D eigenvalue weighted by Gasteiger charge is 2.48. The van der Waals surface area contributed by atoms with Crippen LogP contribution in [0.4, 0.5) is 18.9 Å². The number of amidine groups is 1. The smallest absolute Gasteiger partial charge is 0.418 e. The zero-order chi connectivity index (χ0) is 30.7. The molecule has 0 unspecified atom stereocenters. The zero-order valence-corrected chi connectivity index (χ0v) is 23.7. The van der Waals surface area contributed by atoms with E-state index in [0.29, 0.717) is 34.1 Å². The Hall–Kier alpha value is -4.73. The second-order valence-electron chi connectivity index (χ2n) is 11.5. The van der Waals surface area contributed by atoms with Gasteiger partial charge in [-0.15, -0.1) is 0 Å². The van der Waals surface area contributed by atoms with Gasteiger partial charge in [0.2, 0.25) is 6.79 Å². The number of rotatable bonds is 4. The van der Waals surface area contributed by atoms with E-state index >= 15 is 0 Å². The van der Waals surface area contributed by atoms with Crippen molar-refractivity contribution in [2.45, 2.75) is 38.8 Å². The molecule has 2 heterocycles. The summed E-state index contributed by atoms with van der Waals surface area (Å²) in [7, 11) is 1.50. The van der Waals surface area contributed by atoms with Crippen LogP contribution >= 0.6 is 0 Å². The maximum absolute atomic E-state index is 14.4. The Bertz CT molecular complexity index is 1710. The Kier molecular flexibility index (Phi) is 6.75. The predicted molar refractivity (Wildman–Crippen MR) is 155 cm³/mol. The highest BCUT2D eigenvalue weighted by molar-refractivity contribution is 6.20. The first-order valence-corrected chi connectivity index (χ1v) is 13.7. The topological polar surface area (TPSA) is 92.1 Å². The fraction of sp³-hybridized carbons (Fsp3) is 0.273. The van der Waals surface area contributed by atoms with Crippen molar-refractivity contribution in [3.63, 3.8) is 0 Å². The van der Waals surface area contributed by atoms with Crippen molar-refractivity contribution >= 4 is 23.1 Å². The number of halogens is 3. The highest BCUT2D eigenvalue weighted by Crippen LogP contribution is 2.53. The number of para-hydroxylation sites is 1. The van der Waals surface area contributed by atoms with Crippen LogP contribution in [0.15, 0.2) is 83.6 Å². The largest absolute Gasteiger partial charge is 0.507 e. The molecule has 0 saturated carbocycles. The number of aliphatic hydroxyl groups is 1. The van der Waals surface area contributed by atoms with E-state index in [4.69, 9.17) is 14.2 Å². The quantitative estimate of drug-likeness (QED) is 0.304. The minimum atomic E-state index is -4.73. The van der Waals surface area contributed by atoms with E-state index < -0.39 is 23.1 Å². The number of fused-ring (bicyclic) bond motifs is 1. The number of nitrogens with zero attached hydrogens (tertiary/aromatic N) is 1. The van der Waals surface area contributed by atoms with Gasteiger partial charge in [0.25, 0.3) is 0 Å². The van der Waals surface area contributed by atoms with Crippen LogP contribution in [0.3, 0.4) is 0 Å². The Morgan fingerprint density at radius 2 is 1.72 bits per heavy atom. The molecule has 7 nitrogen and oxygen atoms in total. The molecule has 0 amide bonds. The predicted octanol–water partition coefficient (Wildman–Crippen LogP) is 7.64. The molecule has 0 aromatic heterocycles. The Morgan fingerprint density at radius 3 is 2.42 bits per heavy atom.